The smallest absolute Gasteiger partial charge is 0.243 e. The minimum Gasteiger partial charge on any atom is -0.490 e. The van der Waals surface area contributed by atoms with Gasteiger partial charge in [0.15, 0.2) is 11.5 Å². The first kappa shape index (κ1) is 32.3. The van der Waals surface area contributed by atoms with E-state index in [0.29, 0.717) is 53.2 Å². The summed E-state index contributed by atoms with van der Waals surface area (Å²) in [6, 6.07) is 19.9. The van der Waals surface area contributed by atoms with Gasteiger partial charge in [0.05, 0.1) is 13.2 Å². The van der Waals surface area contributed by atoms with Crippen molar-refractivity contribution in [1.29, 1.82) is 0 Å². The molecule has 2 atom stereocenters. The lowest BCUT2D eigenvalue weighted by atomic mass is 10.0. The lowest BCUT2D eigenvalue weighted by molar-refractivity contribution is -0.141. The van der Waals surface area contributed by atoms with Crippen LogP contribution in [0.2, 0.25) is 10.0 Å². The van der Waals surface area contributed by atoms with E-state index in [1.165, 1.54) is 0 Å². The molecular formula is C33H40Cl2N2O4. The Balaban J connectivity index is 1.95. The highest BCUT2D eigenvalue weighted by Crippen LogP contribution is 2.30. The molecule has 0 aromatic heterocycles. The van der Waals surface area contributed by atoms with Crippen molar-refractivity contribution in [3.63, 3.8) is 0 Å². The van der Waals surface area contributed by atoms with Crippen LogP contribution in [0.15, 0.2) is 66.7 Å². The van der Waals surface area contributed by atoms with Crippen molar-refractivity contribution < 1.29 is 19.1 Å². The van der Waals surface area contributed by atoms with E-state index < -0.39 is 6.04 Å². The first-order valence-corrected chi connectivity index (χ1v) is 15.0. The van der Waals surface area contributed by atoms with Gasteiger partial charge < -0.3 is 19.7 Å². The zero-order valence-electron chi connectivity index (χ0n) is 24.3. The van der Waals surface area contributed by atoms with Gasteiger partial charge in [-0.1, -0.05) is 72.6 Å². The van der Waals surface area contributed by atoms with Gasteiger partial charge in [-0.3, -0.25) is 9.59 Å². The predicted octanol–water partition coefficient (Wildman–Crippen LogP) is 7.28. The summed E-state index contributed by atoms with van der Waals surface area (Å²) in [7, 11) is 0. The van der Waals surface area contributed by atoms with E-state index in [0.717, 1.165) is 17.5 Å². The molecule has 0 aliphatic carbocycles. The number of rotatable bonds is 15. The lowest BCUT2D eigenvalue weighted by Gasteiger charge is -2.33. The summed E-state index contributed by atoms with van der Waals surface area (Å²) in [4.78, 5) is 29.4. The van der Waals surface area contributed by atoms with Crippen molar-refractivity contribution >= 4 is 35.0 Å². The van der Waals surface area contributed by atoms with E-state index in [-0.39, 0.29) is 30.8 Å². The van der Waals surface area contributed by atoms with E-state index in [9.17, 15) is 9.59 Å². The van der Waals surface area contributed by atoms with Gasteiger partial charge in [0.1, 0.15) is 6.04 Å². The first-order valence-electron chi connectivity index (χ1n) is 14.2. The van der Waals surface area contributed by atoms with E-state index in [1.54, 1.807) is 23.1 Å². The van der Waals surface area contributed by atoms with Crippen LogP contribution in [0, 0.1) is 0 Å². The molecule has 8 heteroatoms. The fourth-order valence-corrected chi connectivity index (χ4v) is 5.01. The molecule has 3 aromatic rings. The van der Waals surface area contributed by atoms with Crippen LogP contribution in [0.5, 0.6) is 11.5 Å². The number of carbonyl (C=O) groups is 2. The normalized spacial score (nSPS) is 12.3. The molecule has 0 bridgehead atoms. The largest absolute Gasteiger partial charge is 0.490 e. The molecular weight excluding hydrogens is 559 g/mol. The molecule has 0 spiro atoms. The monoisotopic (exact) mass is 598 g/mol. The lowest BCUT2D eigenvalue weighted by Crippen LogP contribution is -2.52. The van der Waals surface area contributed by atoms with Crippen LogP contribution >= 0.6 is 23.2 Å². The summed E-state index contributed by atoms with van der Waals surface area (Å²) < 4.78 is 11.5. The molecule has 0 saturated heterocycles. The maximum atomic E-state index is 14.0. The number of amides is 2. The molecule has 3 aromatic carbocycles. The molecule has 0 heterocycles. The Bertz CT molecular complexity index is 1270. The molecule has 6 nitrogen and oxygen atoms in total. The van der Waals surface area contributed by atoms with Gasteiger partial charge in [-0.25, -0.2) is 0 Å². The van der Waals surface area contributed by atoms with Gasteiger partial charge in [0.2, 0.25) is 11.8 Å². The highest BCUT2D eigenvalue weighted by molar-refractivity contribution is 6.36. The fraction of sp³-hybridized carbons (Fsp3) is 0.394. The van der Waals surface area contributed by atoms with Crippen LogP contribution in [0.1, 0.15) is 57.2 Å². The van der Waals surface area contributed by atoms with Crippen LogP contribution in [-0.2, 0) is 29.0 Å². The molecule has 0 aliphatic rings. The molecule has 1 N–H and O–H groups in total. The Morgan fingerprint density at radius 3 is 2.15 bits per heavy atom. The van der Waals surface area contributed by atoms with Crippen LogP contribution in [0.4, 0.5) is 0 Å². The zero-order valence-corrected chi connectivity index (χ0v) is 25.8. The first-order chi connectivity index (χ1) is 19.8. The second-order valence-corrected chi connectivity index (χ2v) is 10.7. The number of ether oxygens (including phenoxy) is 2. The van der Waals surface area contributed by atoms with Crippen molar-refractivity contribution in [3.8, 4) is 11.5 Å². The van der Waals surface area contributed by atoms with E-state index in [1.807, 2.05) is 76.2 Å². The van der Waals surface area contributed by atoms with E-state index in [4.69, 9.17) is 32.7 Å². The van der Waals surface area contributed by atoms with Gasteiger partial charge in [-0.05, 0) is 69.0 Å². The molecule has 220 valence electrons. The maximum absolute atomic E-state index is 14.0. The van der Waals surface area contributed by atoms with Crippen molar-refractivity contribution in [2.24, 2.45) is 0 Å². The number of hydrogen-bond acceptors (Lipinski definition) is 4. The molecule has 0 aliphatic heterocycles. The number of benzene rings is 3. The topological polar surface area (TPSA) is 67.9 Å². The van der Waals surface area contributed by atoms with Crippen LogP contribution in [0.3, 0.4) is 0 Å². The second-order valence-electron chi connectivity index (χ2n) is 9.89. The third-order valence-electron chi connectivity index (χ3n) is 6.90. The molecule has 0 fully saturated rings. The second kappa shape index (κ2) is 16.3. The summed E-state index contributed by atoms with van der Waals surface area (Å²) in [5.41, 5.74) is 2.50. The number of halogens is 2. The minimum atomic E-state index is -0.759. The molecule has 0 radical (unpaired) electrons. The minimum absolute atomic E-state index is 0.0394. The average Bonchev–Trinajstić information content (AvgIpc) is 2.96. The number of nitrogens with one attached hydrogen (secondary N) is 1. The van der Waals surface area contributed by atoms with Crippen LogP contribution in [0.25, 0.3) is 0 Å². The predicted molar refractivity (Wildman–Crippen MR) is 166 cm³/mol. The van der Waals surface area contributed by atoms with Gasteiger partial charge in [-0.2, -0.15) is 0 Å². The molecule has 2 amide bonds. The van der Waals surface area contributed by atoms with Crippen molar-refractivity contribution in [2.45, 2.75) is 72.0 Å². The molecule has 0 saturated carbocycles. The summed E-state index contributed by atoms with van der Waals surface area (Å²) in [5.74, 6) is 0.936. The maximum Gasteiger partial charge on any atom is 0.243 e. The van der Waals surface area contributed by atoms with Gasteiger partial charge in [0.25, 0.3) is 0 Å². The summed E-state index contributed by atoms with van der Waals surface area (Å²) in [6.07, 6.45) is 1.77. The van der Waals surface area contributed by atoms with Gasteiger partial charge in [0, 0.05) is 41.0 Å². The quantitative estimate of drug-likeness (QED) is 0.199. The van der Waals surface area contributed by atoms with Crippen LogP contribution in [-0.4, -0.2) is 42.0 Å². The molecule has 3 rings (SSSR count). The van der Waals surface area contributed by atoms with Gasteiger partial charge >= 0.3 is 0 Å². The standard InChI is InChI=1S/C33H40Cl2N2O4/c1-5-23(4)36-33(39)29(20-24-12-9-8-10-13-24)37(22-26-27(34)14-11-15-28(26)35)32(38)19-17-25-16-18-30(40-6-2)31(21-25)41-7-3/h8-16,18,21,23,29H,5-7,17,19-20,22H2,1-4H3,(H,36,39)/t23-,29-/m0/s1. The van der Waals surface area contributed by atoms with Crippen LogP contribution < -0.4 is 14.8 Å². The van der Waals surface area contributed by atoms with Crippen molar-refractivity contribution in [3.05, 3.63) is 93.5 Å². The molecule has 41 heavy (non-hydrogen) atoms. The average molecular weight is 600 g/mol. The number of nitrogens with zero attached hydrogens (tertiary/aromatic N) is 1. The van der Waals surface area contributed by atoms with E-state index in [2.05, 4.69) is 5.32 Å². The Labute approximate surface area is 253 Å². The number of hydrogen-bond donors (Lipinski definition) is 1. The number of carbonyl (C=O) groups excluding carboxylic acids is 2. The van der Waals surface area contributed by atoms with E-state index >= 15 is 0 Å². The Kier molecular flexibility index (Phi) is 12.8. The Morgan fingerprint density at radius 2 is 1.51 bits per heavy atom. The highest BCUT2D eigenvalue weighted by atomic mass is 35.5. The molecule has 0 unspecified atom stereocenters. The van der Waals surface area contributed by atoms with Gasteiger partial charge in [-0.15, -0.1) is 0 Å². The summed E-state index contributed by atoms with van der Waals surface area (Å²) in [5, 5.41) is 3.98. The Morgan fingerprint density at radius 1 is 0.854 bits per heavy atom. The fourth-order valence-electron chi connectivity index (χ4n) is 4.49. The Hall–Kier alpha value is -3.22. The van der Waals surface area contributed by atoms with Crippen molar-refractivity contribution in [2.75, 3.05) is 13.2 Å². The summed E-state index contributed by atoms with van der Waals surface area (Å²) in [6.45, 7) is 8.94. The third-order valence-corrected chi connectivity index (χ3v) is 7.61. The third kappa shape index (κ3) is 9.40. The highest BCUT2D eigenvalue weighted by Gasteiger charge is 2.31. The number of aryl methyl sites for hydroxylation is 1. The van der Waals surface area contributed by atoms with Crippen molar-refractivity contribution in [1.82, 2.24) is 10.2 Å². The zero-order chi connectivity index (χ0) is 29.8. The SMILES string of the molecule is CCOc1ccc(CCC(=O)N(Cc2c(Cl)cccc2Cl)[C@@H](Cc2ccccc2)C(=O)N[C@@H](C)CC)cc1OCC. The summed E-state index contributed by atoms with van der Waals surface area (Å²) >= 11 is 13.1.